The predicted molar refractivity (Wildman–Crippen MR) is 245 cm³/mol. The van der Waals surface area contributed by atoms with E-state index in [0.29, 0.717) is 0 Å². The Hall–Kier alpha value is -7.70. The number of fused-ring (bicyclic) bond motifs is 10. The van der Waals surface area contributed by atoms with Crippen LogP contribution in [0.1, 0.15) is 25.0 Å². The molecule has 0 unspecified atom stereocenters. The van der Waals surface area contributed by atoms with Crippen LogP contribution >= 0.6 is 0 Å². The third-order valence-electron chi connectivity index (χ3n) is 12.5. The summed E-state index contributed by atoms with van der Waals surface area (Å²) in [4.78, 5) is 4.31. The number of anilines is 6. The van der Waals surface area contributed by atoms with Gasteiger partial charge in [-0.1, -0.05) is 86.6 Å². The molecule has 292 valence electrons. The molecule has 0 fully saturated rings. The second kappa shape index (κ2) is 13.2. The van der Waals surface area contributed by atoms with Crippen molar-refractivity contribution in [3.8, 4) is 11.1 Å². The maximum absolute atomic E-state index is 14.4. The molecule has 1 aliphatic carbocycles. The van der Waals surface area contributed by atoms with Crippen LogP contribution < -0.4 is 9.80 Å². The summed E-state index contributed by atoms with van der Waals surface area (Å²) in [6.45, 7) is 4.57. The fourth-order valence-electron chi connectivity index (χ4n) is 9.58. The molecule has 0 aliphatic heterocycles. The molecular weight excluding hydrogens is 759 g/mol. The molecule has 4 nitrogen and oxygen atoms in total. The zero-order chi connectivity index (χ0) is 41.0. The van der Waals surface area contributed by atoms with Gasteiger partial charge in [0.05, 0.1) is 11.4 Å². The van der Waals surface area contributed by atoms with Gasteiger partial charge in [0, 0.05) is 49.7 Å². The van der Waals surface area contributed by atoms with Crippen LogP contribution in [0, 0.1) is 11.6 Å². The SMILES string of the molecule is CC1(C)c2cc(N(c3ccc(F)cc3)c3cccc4c3oc3ccccc34)ccc2-c2cc3ccc(N(c4ccc(F)cc4)c4cccc5c4oc4ccccc45)cc3cc21. The fraction of sp³-hybridized carbons (Fsp3) is 0.0545. The Morgan fingerprint density at radius 2 is 0.869 bits per heavy atom. The zero-order valence-electron chi connectivity index (χ0n) is 33.3. The number of rotatable bonds is 6. The number of nitrogens with zero attached hydrogens (tertiary/aromatic N) is 2. The predicted octanol–water partition coefficient (Wildman–Crippen LogP) is 16.2. The van der Waals surface area contributed by atoms with E-state index in [1.807, 2.05) is 66.7 Å². The molecule has 9 aromatic carbocycles. The first kappa shape index (κ1) is 35.3. The lowest BCUT2D eigenvalue weighted by atomic mass is 9.81. The van der Waals surface area contributed by atoms with Gasteiger partial charge in [0.2, 0.25) is 0 Å². The molecule has 61 heavy (non-hydrogen) atoms. The van der Waals surface area contributed by atoms with E-state index in [9.17, 15) is 8.78 Å². The van der Waals surface area contributed by atoms with Crippen molar-refractivity contribution in [2.75, 3.05) is 9.80 Å². The summed E-state index contributed by atoms with van der Waals surface area (Å²) >= 11 is 0. The Morgan fingerprint density at radius 3 is 1.44 bits per heavy atom. The summed E-state index contributed by atoms with van der Waals surface area (Å²) in [6.07, 6.45) is 0. The molecule has 0 N–H and O–H groups in total. The largest absolute Gasteiger partial charge is 0.454 e. The van der Waals surface area contributed by atoms with Crippen LogP contribution in [0.2, 0.25) is 0 Å². The Balaban J connectivity index is 0.994. The van der Waals surface area contributed by atoms with Crippen molar-refractivity contribution in [3.05, 3.63) is 205 Å². The topological polar surface area (TPSA) is 32.8 Å². The summed E-state index contributed by atoms with van der Waals surface area (Å²) < 4.78 is 41.8. The molecule has 1 aliphatic rings. The summed E-state index contributed by atoms with van der Waals surface area (Å²) in [6, 6.07) is 59.6. The summed E-state index contributed by atoms with van der Waals surface area (Å²) in [5.74, 6) is -0.587. The van der Waals surface area contributed by atoms with Gasteiger partial charge >= 0.3 is 0 Å². The Morgan fingerprint density at radius 1 is 0.393 bits per heavy atom. The van der Waals surface area contributed by atoms with Crippen LogP contribution in [0.15, 0.2) is 191 Å². The highest BCUT2D eigenvalue weighted by molar-refractivity contribution is 6.12. The molecule has 12 rings (SSSR count). The van der Waals surface area contributed by atoms with Gasteiger partial charge in [-0.05, 0) is 142 Å². The van der Waals surface area contributed by atoms with Crippen LogP contribution in [0.3, 0.4) is 0 Å². The fourth-order valence-corrected chi connectivity index (χ4v) is 9.58. The summed E-state index contributed by atoms with van der Waals surface area (Å²) in [7, 11) is 0. The summed E-state index contributed by atoms with van der Waals surface area (Å²) in [5, 5.41) is 6.33. The van der Waals surface area contributed by atoms with Crippen LogP contribution in [-0.4, -0.2) is 0 Å². The lowest BCUT2D eigenvalue weighted by Gasteiger charge is -2.28. The minimum Gasteiger partial charge on any atom is -0.454 e. The molecule has 0 saturated heterocycles. The first-order valence-corrected chi connectivity index (χ1v) is 20.5. The van der Waals surface area contributed by atoms with Gasteiger partial charge in [0.25, 0.3) is 0 Å². The van der Waals surface area contributed by atoms with Gasteiger partial charge in [-0.15, -0.1) is 0 Å². The zero-order valence-corrected chi connectivity index (χ0v) is 33.3. The van der Waals surface area contributed by atoms with Gasteiger partial charge in [-0.2, -0.15) is 0 Å². The van der Waals surface area contributed by atoms with Gasteiger partial charge in [0.1, 0.15) is 22.8 Å². The van der Waals surface area contributed by atoms with Crippen LogP contribution in [0.5, 0.6) is 0 Å². The molecule has 0 saturated carbocycles. The smallest absolute Gasteiger partial charge is 0.159 e. The second-order valence-corrected chi connectivity index (χ2v) is 16.4. The third kappa shape index (κ3) is 5.42. The molecule has 6 heteroatoms. The van der Waals surface area contributed by atoms with Crippen LogP contribution in [-0.2, 0) is 5.41 Å². The number of halogens is 2. The molecular formula is C55H36F2N2O2. The van der Waals surface area contributed by atoms with E-state index in [2.05, 4.69) is 115 Å². The van der Waals surface area contributed by atoms with Crippen molar-refractivity contribution in [2.45, 2.75) is 19.3 Å². The van der Waals surface area contributed by atoms with Crippen molar-refractivity contribution >= 4 is 88.8 Å². The Kier molecular flexibility index (Phi) is 7.60. The Labute approximate surface area is 350 Å². The molecule has 11 aromatic rings. The maximum atomic E-state index is 14.4. The average molecular weight is 795 g/mol. The van der Waals surface area contributed by atoms with Crippen molar-refractivity contribution in [2.24, 2.45) is 0 Å². The van der Waals surface area contributed by atoms with E-state index in [4.69, 9.17) is 8.83 Å². The molecule has 2 aromatic heterocycles. The van der Waals surface area contributed by atoms with Gasteiger partial charge < -0.3 is 18.6 Å². The van der Waals surface area contributed by atoms with Crippen molar-refractivity contribution in [1.82, 2.24) is 0 Å². The molecule has 0 atom stereocenters. The van der Waals surface area contributed by atoms with Crippen LogP contribution in [0.4, 0.5) is 42.9 Å². The van der Waals surface area contributed by atoms with E-state index in [-0.39, 0.29) is 17.0 Å². The lowest BCUT2D eigenvalue weighted by molar-refractivity contribution is 0.627. The molecule has 0 bridgehead atoms. The first-order chi connectivity index (χ1) is 29.8. The number of furan rings is 2. The normalized spacial score (nSPS) is 13.0. The quantitative estimate of drug-likeness (QED) is 0.168. The lowest BCUT2D eigenvalue weighted by Crippen LogP contribution is -2.16. The van der Waals surface area contributed by atoms with E-state index < -0.39 is 0 Å². The van der Waals surface area contributed by atoms with Gasteiger partial charge in [-0.25, -0.2) is 8.78 Å². The minimum absolute atomic E-state index is 0.293. The molecule has 2 heterocycles. The number of hydrogen-bond donors (Lipinski definition) is 0. The van der Waals surface area contributed by atoms with Gasteiger partial charge in [-0.3, -0.25) is 0 Å². The Bertz CT molecular complexity index is 3550. The van der Waals surface area contributed by atoms with Crippen LogP contribution in [0.25, 0.3) is 65.8 Å². The highest BCUT2D eigenvalue weighted by atomic mass is 19.1. The highest BCUT2D eigenvalue weighted by Crippen LogP contribution is 2.53. The molecule has 0 radical (unpaired) electrons. The number of hydrogen-bond acceptors (Lipinski definition) is 4. The van der Waals surface area contributed by atoms with Gasteiger partial charge in [0.15, 0.2) is 11.2 Å². The van der Waals surface area contributed by atoms with E-state index in [1.54, 1.807) is 0 Å². The minimum atomic E-state index is -0.360. The highest BCUT2D eigenvalue weighted by Gasteiger charge is 2.37. The number of benzene rings is 9. The van der Waals surface area contributed by atoms with E-state index in [1.165, 1.54) is 46.5 Å². The standard InChI is InChI=1S/C55H36F2N2O2/c1-55(2)47-31-34-29-39(58(37-23-18-35(56)19-24-37)49-13-7-11-44-42-9-3-5-15-51(42)60-53(44)49)22-17-33(34)30-46(47)41-28-27-40(32-48(41)55)59(38-25-20-36(57)21-26-38)50-14-8-12-45-43-10-4-6-16-52(43)61-54(45)50/h3-32H,1-2H3. The van der Waals surface area contributed by atoms with E-state index >= 15 is 0 Å². The second-order valence-electron chi connectivity index (χ2n) is 16.4. The number of para-hydroxylation sites is 4. The van der Waals surface area contributed by atoms with E-state index in [0.717, 1.165) is 88.8 Å². The average Bonchev–Trinajstić information content (AvgIpc) is 3.93. The van der Waals surface area contributed by atoms with Crippen molar-refractivity contribution in [3.63, 3.8) is 0 Å². The third-order valence-corrected chi connectivity index (χ3v) is 12.5. The van der Waals surface area contributed by atoms with Crippen molar-refractivity contribution in [1.29, 1.82) is 0 Å². The summed E-state index contributed by atoms with van der Waals surface area (Å²) in [5.41, 5.74) is 12.9. The molecule has 0 spiro atoms. The monoisotopic (exact) mass is 794 g/mol. The molecule has 0 amide bonds. The maximum Gasteiger partial charge on any atom is 0.159 e. The first-order valence-electron chi connectivity index (χ1n) is 20.5. The van der Waals surface area contributed by atoms with Crippen molar-refractivity contribution < 1.29 is 17.6 Å².